The van der Waals surface area contributed by atoms with Gasteiger partial charge in [-0.15, -0.1) is 0 Å². The summed E-state index contributed by atoms with van der Waals surface area (Å²) in [6.45, 7) is 1.87. The van der Waals surface area contributed by atoms with Gasteiger partial charge in [0.15, 0.2) is 0 Å². The lowest BCUT2D eigenvalue weighted by Gasteiger charge is -2.12. The highest BCUT2D eigenvalue weighted by atomic mass is 79.9. The number of non-ortho nitro benzene ring substituents is 1. The number of nitro benzene ring substituents is 1. The summed E-state index contributed by atoms with van der Waals surface area (Å²) in [5, 5.41) is 20.4. The molecule has 2 aliphatic carbocycles. The Morgan fingerprint density at radius 2 is 1.29 bits per heavy atom. The number of benzene rings is 5. The molecule has 0 radical (unpaired) electrons. The van der Waals surface area contributed by atoms with E-state index in [4.69, 9.17) is 18.4 Å². The van der Waals surface area contributed by atoms with Crippen LogP contribution in [0.25, 0.3) is 23.3 Å². The second-order valence-corrected chi connectivity index (χ2v) is 16.6. The van der Waals surface area contributed by atoms with Gasteiger partial charge in [-0.2, -0.15) is 8.42 Å². The molecule has 13 heteroatoms. The first-order chi connectivity index (χ1) is 26.5. The molecule has 1 N–H and O–H groups in total. The number of epoxide rings is 2. The molecule has 0 saturated carbocycles. The summed E-state index contributed by atoms with van der Waals surface area (Å²) in [6.07, 6.45) is 6.34. The van der Waals surface area contributed by atoms with Crippen LogP contribution in [0, 0.1) is 10.1 Å². The van der Waals surface area contributed by atoms with Crippen molar-refractivity contribution in [1.29, 1.82) is 0 Å². The van der Waals surface area contributed by atoms with Gasteiger partial charge >= 0.3 is 0 Å². The van der Waals surface area contributed by atoms with Crippen molar-refractivity contribution in [3.63, 3.8) is 0 Å². The van der Waals surface area contributed by atoms with Crippen LogP contribution in [0.5, 0.6) is 11.5 Å². The molecule has 2 unspecified atom stereocenters. The lowest BCUT2D eigenvalue weighted by Crippen LogP contribution is -2.11. The largest absolute Gasteiger partial charge is 0.507 e. The first-order valence-electron chi connectivity index (χ1n) is 17.4. The summed E-state index contributed by atoms with van der Waals surface area (Å²) in [7, 11) is -3.96. The number of aromatic hydroxyl groups is 1. The molecule has 10 nitrogen and oxygen atoms in total. The molecule has 9 rings (SSSR count). The maximum atomic E-state index is 11.6. The fraction of sp³-hybridized carbons (Fsp3) is 0.190. The van der Waals surface area contributed by atoms with Gasteiger partial charge in [-0.25, -0.2) is 0 Å². The Bertz CT molecular complexity index is 2410. The highest BCUT2D eigenvalue weighted by Gasteiger charge is 2.28. The van der Waals surface area contributed by atoms with Crippen molar-refractivity contribution in [3.05, 3.63) is 162 Å². The topological polar surface area (TPSA) is 141 Å². The molecule has 55 heavy (non-hydrogen) atoms. The maximum absolute atomic E-state index is 11.6. The van der Waals surface area contributed by atoms with E-state index in [1.54, 1.807) is 6.07 Å². The number of nitrogens with zero attached hydrogens (tertiary/aromatic N) is 1. The first-order valence-corrected chi connectivity index (χ1v) is 20.4. The highest BCUT2D eigenvalue weighted by Crippen LogP contribution is 2.38. The lowest BCUT2D eigenvalue weighted by molar-refractivity contribution is -0.385. The molecule has 2 aliphatic heterocycles. The maximum Gasteiger partial charge on any atom is 0.297 e. The number of fused-ring (bicyclic) bond motifs is 2. The highest BCUT2D eigenvalue weighted by molar-refractivity contribution is 9.10. The number of hydrogen-bond donors (Lipinski definition) is 1. The van der Waals surface area contributed by atoms with Crippen molar-refractivity contribution in [2.45, 2.75) is 29.9 Å². The van der Waals surface area contributed by atoms with Crippen LogP contribution in [-0.2, 0) is 36.6 Å². The SMILES string of the molecule is Brc1ccc(OCC2CO2)c(C2=Cc3ccccc3C2)c1.O=[N+]([O-])c1cccc(S(=O)(=O)OCC2CO2)c1.Oc1ccc(Br)cc1C1=Cc2ccccc2C1. The fourth-order valence-electron chi connectivity index (χ4n) is 6.05. The monoisotopic (exact) mass is 887 g/mol. The molecular formula is C42H35Br2NO9S. The van der Waals surface area contributed by atoms with E-state index in [2.05, 4.69) is 92.5 Å². The number of phenols is 1. The van der Waals surface area contributed by atoms with Crippen molar-refractivity contribution in [1.82, 2.24) is 0 Å². The molecule has 5 aromatic rings. The van der Waals surface area contributed by atoms with E-state index >= 15 is 0 Å². The van der Waals surface area contributed by atoms with Gasteiger partial charge in [0.05, 0.1) is 24.7 Å². The quantitative estimate of drug-likeness (QED) is 0.0629. The molecule has 0 spiro atoms. The molecule has 0 aromatic heterocycles. The Morgan fingerprint density at radius 3 is 1.89 bits per heavy atom. The number of halogens is 2. The van der Waals surface area contributed by atoms with Gasteiger partial charge in [0.25, 0.3) is 15.8 Å². The Morgan fingerprint density at radius 1 is 0.727 bits per heavy atom. The third-order valence-corrected chi connectivity index (χ3v) is 11.3. The summed E-state index contributed by atoms with van der Waals surface area (Å²) >= 11 is 7.00. The molecule has 0 amide bonds. The predicted octanol–water partition coefficient (Wildman–Crippen LogP) is 9.27. The summed E-state index contributed by atoms with van der Waals surface area (Å²) in [6, 6.07) is 33.3. The van der Waals surface area contributed by atoms with E-state index in [0.29, 0.717) is 19.0 Å². The zero-order valence-electron chi connectivity index (χ0n) is 29.3. The second kappa shape index (κ2) is 17.0. The minimum Gasteiger partial charge on any atom is -0.507 e. The van der Waals surface area contributed by atoms with Crippen LogP contribution >= 0.6 is 31.9 Å². The Labute approximate surface area is 335 Å². The standard InChI is InChI=1S/C18H15BrO2.C15H11BrO.C9H9NO6S/c19-15-5-6-18(21-11-16-10-20-16)17(9-15)14-7-12-3-1-2-4-13(12)8-14;16-13-5-6-15(17)14(9-13)12-7-10-3-1-2-4-11(10)8-12;11-10(12)7-2-1-3-9(4-7)17(13,14)16-6-8-5-15-8/h1-7,9,16H,8,10-11H2;1-7,9,17H,8H2;1-4,8H,5-6H2. The van der Waals surface area contributed by atoms with E-state index in [1.807, 2.05) is 30.3 Å². The van der Waals surface area contributed by atoms with Crippen LogP contribution in [0.4, 0.5) is 5.69 Å². The smallest absolute Gasteiger partial charge is 0.297 e. The van der Waals surface area contributed by atoms with E-state index in [9.17, 15) is 23.6 Å². The second-order valence-electron chi connectivity index (χ2n) is 13.1. The van der Waals surface area contributed by atoms with Crippen LogP contribution in [0.2, 0.25) is 0 Å². The fourth-order valence-corrected chi connectivity index (χ4v) is 7.75. The van der Waals surface area contributed by atoms with Gasteiger partial charge in [0.2, 0.25) is 0 Å². The molecule has 282 valence electrons. The summed E-state index contributed by atoms with van der Waals surface area (Å²) in [5.74, 6) is 1.28. The predicted molar refractivity (Wildman–Crippen MR) is 217 cm³/mol. The van der Waals surface area contributed by atoms with Gasteiger partial charge in [-0.3, -0.25) is 14.3 Å². The summed E-state index contributed by atoms with van der Waals surface area (Å²) in [5.41, 5.74) is 9.53. The molecule has 2 saturated heterocycles. The molecule has 2 atom stereocenters. The minimum absolute atomic E-state index is 0.0645. The van der Waals surface area contributed by atoms with Gasteiger partial charge in [-0.05, 0) is 88.7 Å². The van der Waals surface area contributed by atoms with Crippen molar-refractivity contribution < 1.29 is 36.8 Å². The van der Waals surface area contributed by atoms with Crippen molar-refractivity contribution in [3.8, 4) is 11.5 Å². The third-order valence-electron chi connectivity index (χ3n) is 9.08. The molecule has 0 bridgehead atoms. The average molecular weight is 890 g/mol. The van der Waals surface area contributed by atoms with Crippen LogP contribution in [0.15, 0.2) is 123 Å². The first kappa shape index (κ1) is 38.6. The molecular weight excluding hydrogens is 854 g/mol. The van der Waals surface area contributed by atoms with Crippen LogP contribution in [-0.4, -0.2) is 57.1 Å². The van der Waals surface area contributed by atoms with Crippen LogP contribution < -0.4 is 4.74 Å². The molecule has 5 aromatic carbocycles. The van der Waals surface area contributed by atoms with E-state index in [0.717, 1.165) is 45.8 Å². The number of ether oxygens (including phenoxy) is 3. The average Bonchev–Trinajstić information content (AvgIpc) is 4.12. The van der Waals surface area contributed by atoms with E-state index < -0.39 is 15.0 Å². The van der Waals surface area contributed by atoms with Gasteiger partial charge in [0.1, 0.15) is 35.2 Å². The van der Waals surface area contributed by atoms with Crippen molar-refractivity contribution >= 4 is 71.0 Å². The number of allylic oxidation sites excluding steroid dienone is 2. The van der Waals surface area contributed by atoms with Crippen molar-refractivity contribution in [2.75, 3.05) is 26.4 Å². The molecule has 2 fully saturated rings. The summed E-state index contributed by atoms with van der Waals surface area (Å²) < 4.78 is 46.0. The minimum atomic E-state index is -3.96. The van der Waals surface area contributed by atoms with Gasteiger partial charge in [-0.1, -0.05) is 98.6 Å². The van der Waals surface area contributed by atoms with E-state index in [-0.39, 0.29) is 29.4 Å². The molecule has 2 heterocycles. The number of nitro groups is 1. The number of phenolic OH excluding ortho intramolecular Hbond substituents is 1. The van der Waals surface area contributed by atoms with Crippen LogP contribution in [0.3, 0.4) is 0 Å². The van der Waals surface area contributed by atoms with Crippen LogP contribution in [0.1, 0.15) is 33.4 Å². The zero-order chi connectivity index (χ0) is 38.5. The summed E-state index contributed by atoms with van der Waals surface area (Å²) in [4.78, 5) is 9.61. The van der Waals surface area contributed by atoms with Gasteiger partial charge in [0, 0.05) is 32.2 Å². The third kappa shape index (κ3) is 10.2. The van der Waals surface area contributed by atoms with E-state index in [1.165, 1.54) is 57.2 Å². The van der Waals surface area contributed by atoms with Gasteiger partial charge < -0.3 is 19.3 Å². The lowest BCUT2D eigenvalue weighted by atomic mass is 10.0. The Balaban J connectivity index is 0.000000128. The normalized spacial score (nSPS) is 17.3. The number of rotatable bonds is 10. The molecule has 4 aliphatic rings. The van der Waals surface area contributed by atoms with Crippen molar-refractivity contribution in [2.24, 2.45) is 0 Å². The Hall–Kier alpha value is -4.63. The number of hydrogen-bond acceptors (Lipinski definition) is 9. The zero-order valence-corrected chi connectivity index (χ0v) is 33.3. The Kier molecular flexibility index (Phi) is 12.0.